The van der Waals surface area contributed by atoms with Crippen molar-refractivity contribution < 1.29 is 9.90 Å². The Bertz CT molecular complexity index is 1030. The van der Waals surface area contributed by atoms with Gasteiger partial charge in [-0.15, -0.1) is 0 Å². The molecule has 0 fully saturated rings. The minimum absolute atomic E-state index is 0.123. The zero-order valence-electron chi connectivity index (χ0n) is 16.5. The van der Waals surface area contributed by atoms with E-state index >= 15 is 0 Å². The molecule has 0 aliphatic heterocycles. The highest BCUT2D eigenvalue weighted by Gasteiger charge is 2.08. The topological polar surface area (TPSA) is 87.5 Å². The van der Waals surface area contributed by atoms with Gasteiger partial charge in [0.1, 0.15) is 5.75 Å². The lowest BCUT2D eigenvalue weighted by molar-refractivity contribution is 0.0955. The average Bonchev–Trinajstić information content (AvgIpc) is 2.70. The molecular formula is C22H22N4O2S. The summed E-state index contributed by atoms with van der Waals surface area (Å²) in [7, 11) is 0. The van der Waals surface area contributed by atoms with Gasteiger partial charge in [-0.1, -0.05) is 36.0 Å². The van der Waals surface area contributed by atoms with Crippen molar-refractivity contribution in [3.8, 4) is 5.75 Å². The number of hydrogen-bond donors (Lipinski definition) is 2. The van der Waals surface area contributed by atoms with Crippen molar-refractivity contribution >= 4 is 23.4 Å². The molecule has 1 aromatic heterocycles. The van der Waals surface area contributed by atoms with Crippen LogP contribution >= 0.6 is 11.8 Å². The number of amides is 1. The summed E-state index contributed by atoms with van der Waals surface area (Å²) in [4.78, 5) is 21.2. The predicted octanol–water partition coefficient (Wildman–Crippen LogP) is 4.25. The van der Waals surface area contributed by atoms with Crippen molar-refractivity contribution in [2.75, 3.05) is 0 Å². The number of carbonyl (C=O) groups excluding carboxylic acids is 1. The number of aryl methyl sites for hydroxylation is 2. The predicted molar refractivity (Wildman–Crippen MR) is 115 cm³/mol. The molecule has 1 amide bonds. The largest absolute Gasteiger partial charge is 0.507 e. The van der Waals surface area contributed by atoms with E-state index in [2.05, 4.69) is 20.5 Å². The Labute approximate surface area is 174 Å². The summed E-state index contributed by atoms with van der Waals surface area (Å²) < 4.78 is 0. The Kier molecular flexibility index (Phi) is 6.61. The molecule has 2 aromatic carbocycles. The van der Waals surface area contributed by atoms with Gasteiger partial charge < -0.3 is 5.11 Å². The van der Waals surface area contributed by atoms with Gasteiger partial charge in [0.05, 0.1) is 5.71 Å². The first kappa shape index (κ1) is 20.5. The Morgan fingerprint density at radius 1 is 1.07 bits per heavy atom. The summed E-state index contributed by atoms with van der Waals surface area (Å²) in [6.07, 6.45) is 0. The molecule has 1 heterocycles. The lowest BCUT2D eigenvalue weighted by Crippen LogP contribution is -2.19. The average molecular weight is 407 g/mol. The van der Waals surface area contributed by atoms with Crippen molar-refractivity contribution in [3.63, 3.8) is 0 Å². The maximum atomic E-state index is 12.3. The summed E-state index contributed by atoms with van der Waals surface area (Å²) in [6.45, 7) is 5.63. The molecule has 0 aliphatic rings. The van der Waals surface area contributed by atoms with Gasteiger partial charge in [-0.25, -0.2) is 15.4 Å². The summed E-state index contributed by atoms with van der Waals surface area (Å²) in [5.41, 5.74) is 7.11. The number of carbonyl (C=O) groups is 1. The van der Waals surface area contributed by atoms with Gasteiger partial charge in [-0.3, -0.25) is 4.79 Å². The van der Waals surface area contributed by atoms with Crippen molar-refractivity contribution in [1.82, 2.24) is 15.4 Å². The smallest absolute Gasteiger partial charge is 0.271 e. The molecule has 3 rings (SSSR count). The van der Waals surface area contributed by atoms with Crippen LogP contribution in [0.3, 0.4) is 0 Å². The minimum atomic E-state index is -0.309. The number of hydrazone groups is 1. The number of nitrogens with one attached hydrogen (secondary N) is 1. The van der Waals surface area contributed by atoms with E-state index < -0.39 is 0 Å². The molecule has 7 heteroatoms. The number of phenols is 1. The summed E-state index contributed by atoms with van der Waals surface area (Å²) in [5, 5.41) is 14.7. The Morgan fingerprint density at radius 2 is 1.72 bits per heavy atom. The number of rotatable bonds is 6. The molecule has 0 saturated heterocycles. The highest BCUT2D eigenvalue weighted by Crippen LogP contribution is 2.20. The van der Waals surface area contributed by atoms with E-state index in [1.807, 2.05) is 32.0 Å². The molecule has 3 aromatic rings. The van der Waals surface area contributed by atoms with Gasteiger partial charge in [0.2, 0.25) is 0 Å². The van der Waals surface area contributed by atoms with Crippen LogP contribution in [-0.4, -0.2) is 26.7 Å². The van der Waals surface area contributed by atoms with Crippen LogP contribution in [0, 0.1) is 13.8 Å². The van der Waals surface area contributed by atoms with Crippen molar-refractivity contribution in [1.29, 1.82) is 0 Å². The van der Waals surface area contributed by atoms with Crippen LogP contribution in [0.1, 0.15) is 39.8 Å². The second-order valence-corrected chi connectivity index (χ2v) is 7.52. The maximum Gasteiger partial charge on any atom is 0.271 e. The van der Waals surface area contributed by atoms with Gasteiger partial charge in [0.15, 0.2) is 5.16 Å². The molecule has 2 N–H and O–H groups in total. The first-order valence-electron chi connectivity index (χ1n) is 9.09. The van der Waals surface area contributed by atoms with E-state index in [9.17, 15) is 9.90 Å². The van der Waals surface area contributed by atoms with Gasteiger partial charge in [-0.2, -0.15) is 5.10 Å². The fourth-order valence-electron chi connectivity index (χ4n) is 2.70. The molecule has 0 bridgehead atoms. The zero-order valence-corrected chi connectivity index (χ0v) is 17.3. The molecule has 0 radical (unpaired) electrons. The Hall–Kier alpha value is -3.19. The van der Waals surface area contributed by atoms with Crippen LogP contribution in [0.2, 0.25) is 0 Å². The molecule has 0 atom stereocenters. The van der Waals surface area contributed by atoms with Gasteiger partial charge in [0.25, 0.3) is 5.91 Å². The first-order chi connectivity index (χ1) is 13.9. The second-order valence-electron chi connectivity index (χ2n) is 6.57. The SMILES string of the molecule is C/C(=N\NC(=O)c1ccc(CSc2nc(C)cc(C)n2)cc1)c1ccccc1O. The van der Waals surface area contributed by atoms with Crippen LogP contribution in [0.4, 0.5) is 0 Å². The molecule has 148 valence electrons. The number of aromatic hydroxyl groups is 1. The van der Waals surface area contributed by atoms with Crippen molar-refractivity contribution in [3.05, 3.63) is 82.7 Å². The molecule has 29 heavy (non-hydrogen) atoms. The highest BCUT2D eigenvalue weighted by molar-refractivity contribution is 7.98. The van der Waals surface area contributed by atoms with E-state index in [-0.39, 0.29) is 11.7 Å². The van der Waals surface area contributed by atoms with Gasteiger partial charge >= 0.3 is 0 Å². The van der Waals surface area contributed by atoms with Crippen LogP contribution in [0.25, 0.3) is 0 Å². The highest BCUT2D eigenvalue weighted by atomic mass is 32.2. The molecular weight excluding hydrogens is 384 g/mol. The summed E-state index contributed by atoms with van der Waals surface area (Å²) >= 11 is 1.56. The molecule has 0 unspecified atom stereocenters. The fraction of sp³-hybridized carbons (Fsp3) is 0.182. The third-order valence-corrected chi connectivity index (χ3v) is 5.08. The number of nitrogens with zero attached hydrogens (tertiary/aromatic N) is 3. The third kappa shape index (κ3) is 5.65. The van der Waals surface area contributed by atoms with E-state index in [0.29, 0.717) is 16.8 Å². The minimum Gasteiger partial charge on any atom is -0.507 e. The molecule has 6 nitrogen and oxygen atoms in total. The molecule has 0 spiro atoms. The van der Waals surface area contributed by atoms with E-state index in [1.165, 1.54) is 0 Å². The Morgan fingerprint density at radius 3 is 2.38 bits per heavy atom. The van der Waals surface area contributed by atoms with Crippen LogP contribution in [0.15, 0.2) is 64.9 Å². The number of phenolic OH excluding ortho intramolecular Hbond substituents is 1. The second kappa shape index (κ2) is 9.34. The van der Waals surface area contributed by atoms with Crippen LogP contribution < -0.4 is 5.43 Å². The molecule has 0 saturated carbocycles. The standard InChI is InChI=1S/C22H22N4O2S/c1-14-12-15(2)24-22(23-14)29-13-17-8-10-18(11-9-17)21(28)26-25-16(3)19-6-4-5-7-20(19)27/h4-12,27H,13H2,1-3H3,(H,26,28)/b25-16+. The van der Waals surface area contributed by atoms with Gasteiger partial charge in [0, 0.05) is 28.3 Å². The van der Waals surface area contributed by atoms with E-state index in [4.69, 9.17) is 0 Å². The first-order valence-corrected chi connectivity index (χ1v) is 10.1. The molecule has 0 aliphatic carbocycles. The number of para-hydroxylation sites is 1. The number of aromatic nitrogens is 2. The fourth-order valence-corrected chi connectivity index (χ4v) is 3.60. The number of thioether (sulfide) groups is 1. The lowest BCUT2D eigenvalue weighted by Gasteiger charge is -2.06. The maximum absolute atomic E-state index is 12.3. The van der Waals surface area contributed by atoms with Crippen LogP contribution in [-0.2, 0) is 5.75 Å². The summed E-state index contributed by atoms with van der Waals surface area (Å²) in [6, 6.07) is 16.1. The van der Waals surface area contributed by atoms with E-state index in [0.717, 1.165) is 27.9 Å². The van der Waals surface area contributed by atoms with Gasteiger partial charge in [-0.05, 0) is 56.7 Å². The quantitative estimate of drug-likeness (QED) is 0.277. The monoisotopic (exact) mass is 406 g/mol. The third-order valence-electron chi connectivity index (χ3n) is 4.16. The van der Waals surface area contributed by atoms with E-state index in [1.54, 1.807) is 55.1 Å². The number of hydrogen-bond acceptors (Lipinski definition) is 6. The van der Waals surface area contributed by atoms with Crippen molar-refractivity contribution in [2.45, 2.75) is 31.7 Å². The van der Waals surface area contributed by atoms with Crippen molar-refractivity contribution in [2.24, 2.45) is 5.10 Å². The van der Waals surface area contributed by atoms with Crippen LogP contribution in [0.5, 0.6) is 5.75 Å². The normalized spacial score (nSPS) is 11.3. The Balaban J connectivity index is 1.60. The zero-order chi connectivity index (χ0) is 20.8. The summed E-state index contributed by atoms with van der Waals surface area (Å²) in [5.74, 6) is 0.532. The lowest BCUT2D eigenvalue weighted by atomic mass is 10.1. The number of benzene rings is 2.